The predicted molar refractivity (Wildman–Crippen MR) is 114 cm³/mol. The van der Waals surface area contributed by atoms with E-state index in [9.17, 15) is 5.11 Å². The van der Waals surface area contributed by atoms with Crippen molar-refractivity contribution >= 4 is 0 Å². The minimum atomic E-state index is -0.624. The van der Waals surface area contributed by atoms with Gasteiger partial charge in [0.25, 0.3) is 0 Å². The van der Waals surface area contributed by atoms with Crippen molar-refractivity contribution < 1.29 is 19.3 Å². The topological polar surface area (TPSA) is 47.9 Å². The molecule has 0 spiro atoms. The number of allylic oxidation sites excluding steroid dienone is 1. The first-order valence-electron chi connectivity index (χ1n) is 11.7. The Morgan fingerprint density at radius 3 is 2.63 bits per heavy atom. The third-order valence-corrected chi connectivity index (χ3v) is 10.2. The molecule has 1 aliphatic heterocycles. The summed E-state index contributed by atoms with van der Waals surface area (Å²) in [5.74, 6) is 1.56. The predicted octanol–water partition coefficient (Wildman–Crippen LogP) is 4.60. The number of methoxy groups -OCH3 is 1. The molecule has 2 bridgehead atoms. The van der Waals surface area contributed by atoms with E-state index in [1.54, 1.807) is 7.11 Å². The van der Waals surface area contributed by atoms with Gasteiger partial charge in [-0.3, -0.25) is 0 Å². The van der Waals surface area contributed by atoms with E-state index >= 15 is 0 Å². The lowest BCUT2D eigenvalue weighted by Gasteiger charge is -2.59. The molecular formula is C26H34O4. The maximum atomic E-state index is 10.5. The number of aryl methyl sites for hydroxylation is 1. The van der Waals surface area contributed by atoms with Crippen LogP contribution in [0.2, 0.25) is 0 Å². The average Bonchev–Trinajstić information content (AvgIpc) is 3.40. The first-order valence-corrected chi connectivity index (χ1v) is 11.7. The van der Waals surface area contributed by atoms with Crippen LogP contribution in [0.5, 0.6) is 5.75 Å². The molecule has 1 saturated heterocycles. The van der Waals surface area contributed by atoms with Crippen molar-refractivity contribution in [1.29, 1.82) is 0 Å². The molecular weight excluding hydrogens is 376 g/mol. The van der Waals surface area contributed by atoms with Crippen molar-refractivity contribution in [3.8, 4) is 5.75 Å². The molecule has 162 valence electrons. The Morgan fingerprint density at radius 2 is 1.90 bits per heavy atom. The Hall–Kier alpha value is -1.36. The van der Waals surface area contributed by atoms with E-state index in [2.05, 4.69) is 38.1 Å². The molecule has 1 heterocycles. The Kier molecular flexibility index (Phi) is 3.94. The molecule has 5 aliphatic rings. The van der Waals surface area contributed by atoms with Gasteiger partial charge in [-0.1, -0.05) is 19.1 Å². The van der Waals surface area contributed by atoms with Crippen molar-refractivity contribution in [2.75, 3.05) is 26.9 Å². The van der Waals surface area contributed by atoms with Gasteiger partial charge >= 0.3 is 0 Å². The fraction of sp³-hybridized carbons (Fsp3) is 0.692. The van der Waals surface area contributed by atoms with E-state index < -0.39 is 5.79 Å². The summed E-state index contributed by atoms with van der Waals surface area (Å²) in [6, 6.07) is 6.71. The van der Waals surface area contributed by atoms with Crippen LogP contribution >= 0.6 is 0 Å². The molecule has 6 rings (SSSR count). The molecule has 0 aromatic heterocycles. The average molecular weight is 411 g/mol. The highest BCUT2D eigenvalue weighted by molar-refractivity contribution is 5.47. The van der Waals surface area contributed by atoms with Gasteiger partial charge in [0.1, 0.15) is 5.75 Å². The van der Waals surface area contributed by atoms with E-state index in [-0.39, 0.29) is 22.9 Å². The highest BCUT2D eigenvalue weighted by Crippen LogP contribution is 2.82. The third kappa shape index (κ3) is 1.96. The smallest absolute Gasteiger partial charge is 0.175 e. The molecule has 1 aromatic carbocycles. The van der Waals surface area contributed by atoms with Crippen LogP contribution in [-0.2, 0) is 15.9 Å². The lowest BCUT2D eigenvalue weighted by Crippen LogP contribution is -2.58. The maximum absolute atomic E-state index is 10.5. The van der Waals surface area contributed by atoms with Crippen molar-refractivity contribution in [2.24, 2.45) is 22.2 Å². The summed E-state index contributed by atoms with van der Waals surface area (Å²) in [5.41, 5.74) is 4.18. The van der Waals surface area contributed by atoms with Crippen LogP contribution < -0.4 is 4.74 Å². The molecule has 0 amide bonds. The van der Waals surface area contributed by atoms with Crippen LogP contribution in [0.4, 0.5) is 0 Å². The zero-order valence-corrected chi connectivity index (χ0v) is 18.5. The molecule has 30 heavy (non-hydrogen) atoms. The molecule has 4 aliphatic carbocycles. The standard InChI is InChI=1S/C26H34O4/c1-23-9-8-21-20-6-5-19(28-3)14-17(20)4-7-22(21)25(23)10-11-26(23,18(15-25)16-27)24(2)29-12-13-30-24/h5-6,14-15,21-22,27H,4,7-13,16H2,1-3H3/t21-,22-,23+,25?,26+/m1/s1. The van der Waals surface area contributed by atoms with Crippen LogP contribution in [0.15, 0.2) is 29.8 Å². The fourth-order valence-electron chi connectivity index (χ4n) is 9.07. The summed E-state index contributed by atoms with van der Waals surface area (Å²) >= 11 is 0. The number of aliphatic hydroxyl groups is 1. The number of hydrogen-bond acceptors (Lipinski definition) is 4. The second-order valence-electron chi connectivity index (χ2n) is 10.6. The third-order valence-electron chi connectivity index (χ3n) is 10.2. The molecule has 1 aromatic rings. The Morgan fingerprint density at radius 1 is 1.10 bits per heavy atom. The molecule has 5 atom stereocenters. The first-order chi connectivity index (χ1) is 14.4. The summed E-state index contributed by atoms with van der Waals surface area (Å²) in [6.45, 7) is 6.06. The van der Waals surface area contributed by atoms with E-state index in [0.29, 0.717) is 25.0 Å². The van der Waals surface area contributed by atoms with Gasteiger partial charge in [-0.25, -0.2) is 0 Å². The van der Waals surface area contributed by atoms with Gasteiger partial charge < -0.3 is 19.3 Å². The molecule has 2 saturated carbocycles. The van der Waals surface area contributed by atoms with E-state index in [1.807, 2.05) is 0 Å². The summed E-state index contributed by atoms with van der Waals surface area (Å²) < 4.78 is 18.1. The second kappa shape index (κ2) is 6.11. The van der Waals surface area contributed by atoms with Crippen LogP contribution in [0.1, 0.15) is 63.0 Å². The highest BCUT2D eigenvalue weighted by atomic mass is 16.7. The number of aliphatic hydroxyl groups excluding tert-OH is 1. The van der Waals surface area contributed by atoms with Gasteiger partial charge in [-0.05, 0) is 96.9 Å². The van der Waals surface area contributed by atoms with Gasteiger partial charge in [0.05, 0.1) is 32.3 Å². The molecule has 4 nitrogen and oxygen atoms in total. The summed E-state index contributed by atoms with van der Waals surface area (Å²) in [5, 5.41) is 10.5. The monoisotopic (exact) mass is 410 g/mol. The van der Waals surface area contributed by atoms with Gasteiger partial charge in [0.2, 0.25) is 0 Å². The van der Waals surface area contributed by atoms with Crippen molar-refractivity contribution in [1.82, 2.24) is 0 Å². The zero-order chi connectivity index (χ0) is 20.8. The lowest BCUT2D eigenvalue weighted by atomic mass is 9.45. The van der Waals surface area contributed by atoms with Gasteiger partial charge in [-0.15, -0.1) is 0 Å². The Balaban J connectivity index is 1.47. The number of ether oxygens (including phenoxy) is 3. The van der Waals surface area contributed by atoms with E-state index in [1.165, 1.54) is 36.0 Å². The minimum Gasteiger partial charge on any atom is -0.497 e. The number of benzene rings is 1. The molecule has 0 radical (unpaired) electrons. The van der Waals surface area contributed by atoms with Crippen LogP contribution in [0, 0.1) is 22.2 Å². The number of fused-ring (bicyclic) bond motifs is 3. The number of rotatable bonds is 3. The molecule has 1 N–H and O–H groups in total. The van der Waals surface area contributed by atoms with E-state index in [4.69, 9.17) is 14.2 Å². The van der Waals surface area contributed by atoms with Crippen LogP contribution in [0.3, 0.4) is 0 Å². The first kappa shape index (κ1) is 19.3. The summed E-state index contributed by atoms with van der Waals surface area (Å²) in [6.07, 6.45) is 9.44. The second-order valence-corrected chi connectivity index (χ2v) is 10.6. The Labute approximate surface area is 179 Å². The minimum absolute atomic E-state index is 0.0717. The van der Waals surface area contributed by atoms with Crippen molar-refractivity contribution in [2.45, 2.75) is 64.1 Å². The fourth-order valence-corrected chi connectivity index (χ4v) is 9.07. The van der Waals surface area contributed by atoms with Crippen molar-refractivity contribution in [3.05, 3.63) is 41.0 Å². The molecule has 1 unspecified atom stereocenters. The normalized spacial score (nSPS) is 43.0. The van der Waals surface area contributed by atoms with Gasteiger partial charge in [-0.2, -0.15) is 0 Å². The largest absolute Gasteiger partial charge is 0.497 e. The van der Waals surface area contributed by atoms with Crippen LogP contribution in [0.25, 0.3) is 0 Å². The van der Waals surface area contributed by atoms with Gasteiger partial charge in [0, 0.05) is 0 Å². The lowest BCUT2D eigenvalue weighted by molar-refractivity contribution is -0.250. The highest BCUT2D eigenvalue weighted by Gasteiger charge is 2.79. The van der Waals surface area contributed by atoms with E-state index in [0.717, 1.165) is 25.0 Å². The summed E-state index contributed by atoms with van der Waals surface area (Å²) in [4.78, 5) is 0. The van der Waals surface area contributed by atoms with Gasteiger partial charge in [0.15, 0.2) is 5.79 Å². The SMILES string of the molecule is COc1ccc2c(c1)CC[C@@H]1[C@@H]2CC[C@@]2(C)C13C=C(CO)[C@@]2(C1(C)OCCO1)CC3. The van der Waals surface area contributed by atoms with Crippen molar-refractivity contribution in [3.63, 3.8) is 0 Å². The maximum Gasteiger partial charge on any atom is 0.175 e. The summed E-state index contributed by atoms with van der Waals surface area (Å²) in [7, 11) is 1.75. The quantitative estimate of drug-likeness (QED) is 0.740. The zero-order valence-electron chi connectivity index (χ0n) is 18.5. The molecule has 3 fully saturated rings. The molecule has 4 heteroatoms. The number of hydrogen-bond donors (Lipinski definition) is 1. The van der Waals surface area contributed by atoms with Crippen LogP contribution in [-0.4, -0.2) is 37.8 Å². The Bertz CT molecular complexity index is 916.